The number of hydrogen-bond donors (Lipinski definition) is 1. The van der Waals surface area contributed by atoms with Crippen LogP contribution >= 0.6 is 0 Å². The number of nitrogens with zero attached hydrogens (tertiary/aromatic N) is 2. The summed E-state index contributed by atoms with van der Waals surface area (Å²) in [6, 6.07) is 15.8. The van der Waals surface area contributed by atoms with Gasteiger partial charge in [-0.15, -0.1) is 0 Å². The van der Waals surface area contributed by atoms with Crippen LogP contribution in [0.4, 0.5) is 5.88 Å². The Morgan fingerprint density at radius 2 is 1.69 bits per heavy atom. The lowest BCUT2D eigenvalue weighted by molar-refractivity contribution is 0.474. The predicted molar refractivity (Wildman–Crippen MR) is 94.2 cm³/mol. The van der Waals surface area contributed by atoms with Crippen molar-refractivity contribution in [2.75, 3.05) is 0 Å². The molecule has 26 heavy (non-hydrogen) atoms. The van der Waals surface area contributed by atoms with Crippen molar-refractivity contribution in [1.29, 1.82) is 5.26 Å². The van der Waals surface area contributed by atoms with Crippen molar-refractivity contribution in [3.63, 3.8) is 0 Å². The molecule has 0 saturated carbocycles. The Labute approximate surface area is 148 Å². The second-order valence-electron chi connectivity index (χ2n) is 5.37. The normalized spacial score (nSPS) is 11.0. The van der Waals surface area contributed by atoms with Crippen LogP contribution in [-0.4, -0.2) is 11.3 Å². The standard InChI is InChI=1S/C20H12N2O4/c21-11-14-18(16-7-3-9-24-16)19(17-8-4-10-25-17)26-20(14)22-12-13-5-1-2-6-15(13)23/h1-10,12,23H/b22-12+. The maximum absolute atomic E-state index is 9.86. The van der Waals surface area contributed by atoms with Crippen LogP contribution < -0.4 is 0 Å². The maximum atomic E-state index is 9.86. The number of hydrogen-bond acceptors (Lipinski definition) is 6. The first-order valence-corrected chi connectivity index (χ1v) is 7.74. The van der Waals surface area contributed by atoms with E-state index in [0.29, 0.717) is 28.4 Å². The molecular weight excluding hydrogens is 332 g/mol. The SMILES string of the molecule is N#Cc1c(/N=C/c2ccccc2O)oc(-c2ccco2)c1-c1ccco1. The van der Waals surface area contributed by atoms with Crippen LogP contribution in [0.1, 0.15) is 11.1 Å². The average molecular weight is 344 g/mol. The first-order valence-electron chi connectivity index (χ1n) is 7.74. The zero-order valence-corrected chi connectivity index (χ0v) is 13.4. The number of phenolic OH excluding ortho intramolecular Hbond substituents is 1. The predicted octanol–water partition coefficient (Wildman–Crippen LogP) is 5.13. The summed E-state index contributed by atoms with van der Waals surface area (Å²) in [4.78, 5) is 4.25. The minimum atomic E-state index is 0.0822. The van der Waals surface area contributed by atoms with Crippen LogP contribution in [0.2, 0.25) is 0 Å². The van der Waals surface area contributed by atoms with E-state index in [1.54, 1.807) is 48.5 Å². The van der Waals surface area contributed by atoms with Crippen LogP contribution in [0, 0.1) is 11.3 Å². The smallest absolute Gasteiger partial charge is 0.238 e. The highest BCUT2D eigenvalue weighted by Gasteiger charge is 2.25. The molecule has 0 unspecified atom stereocenters. The van der Waals surface area contributed by atoms with Crippen molar-refractivity contribution in [3.8, 4) is 34.7 Å². The lowest BCUT2D eigenvalue weighted by Crippen LogP contribution is -1.82. The van der Waals surface area contributed by atoms with Gasteiger partial charge < -0.3 is 18.4 Å². The van der Waals surface area contributed by atoms with Crippen LogP contribution in [0.25, 0.3) is 22.8 Å². The van der Waals surface area contributed by atoms with Crippen LogP contribution in [0.5, 0.6) is 5.75 Å². The molecule has 0 aliphatic carbocycles. The van der Waals surface area contributed by atoms with Gasteiger partial charge >= 0.3 is 0 Å². The van der Waals surface area contributed by atoms with E-state index in [1.165, 1.54) is 18.7 Å². The summed E-state index contributed by atoms with van der Waals surface area (Å²) >= 11 is 0. The molecule has 0 bridgehead atoms. The lowest BCUT2D eigenvalue weighted by Gasteiger charge is -1.96. The van der Waals surface area contributed by atoms with Crippen molar-refractivity contribution in [2.24, 2.45) is 4.99 Å². The molecule has 0 fully saturated rings. The largest absolute Gasteiger partial charge is 0.507 e. The molecule has 0 aliphatic heterocycles. The van der Waals surface area contributed by atoms with Gasteiger partial charge in [0.15, 0.2) is 11.5 Å². The fourth-order valence-electron chi connectivity index (χ4n) is 2.58. The lowest BCUT2D eigenvalue weighted by atomic mass is 10.1. The van der Waals surface area contributed by atoms with Gasteiger partial charge in [-0.25, -0.2) is 4.99 Å². The van der Waals surface area contributed by atoms with Crippen molar-refractivity contribution in [1.82, 2.24) is 0 Å². The summed E-state index contributed by atoms with van der Waals surface area (Å²) in [5.74, 6) is 1.47. The van der Waals surface area contributed by atoms with Crippen molar-refractivity contribution in [2.45, 2.75) is 0 Å². The summed E-state index contributed by atoms with van der Waals surface area (Å²) in [6.07, 6.45) is 4.47. The van der Waals surface area contributed by atoms with E-state index in [0.717, 1.165) is 0 Å². The van der Waals surface area contributed by atoms with E-state index in [2.05, 4.69) is 11.1 Å². The third kappa shape index (κ3) is 2.68. The summed E-state index contributed by atoms with van der Waals surface area (Å²) in [5.41, 5.74) is 1.20. The number of benzene rings is 1. The maximum Gasteiger partial charge on any atom is 0.238 e. The highest BCUT2D eigenvalue weighted by atomic mass is 16.4. The fraction of sp³-hybridized carbons (Fsp3) is 0. The number of furan rings is 3. The van der Waals surface area contributed by atoms with Gasteiger partial charge in [0, 0.05) is 11.8 Å². The molecule has 1 aromatic carbocycles. The monoisotopic (exact) mass is 344 g/mol. The Balaban J connectivity index is 1.87. The Kier molecular flexibility index (Phi) is 3.88. The van der Waals surface area contributed by atoms with Crippen LogP contribution in [0.3, 0.4) is 0 Å². The number of nitriles is 1. The summed E-state index contributed by atoms with van der Waals surface area (Å²) in [6.45, 7) is 0. The van der Waals surface area contributed by atoms with Gasteiger partial charge in [0.05, 0.1) is 18.1 Å². The second kappa shape index (κ2) is 6.49. The molecule has 6 nitrogen and oxygen atoms in total. The van der Waals surface area contributed by atoms with Crippen LogP contribution in [-0.2, 0) is 0 Å². The number of aliphatic imine (C=N–C) groups is 1. The summed E-state index contributed by atoms with van der Waals surface area (Å²) in [5, 5.41) is 19.5. The minimum absolute atomic E-state index is 0.0822. The Bertz CT molecular complexity index is 1100. The van der Waals surface area contributed by atoms with Gasteiger partial charge in [-0.3, -0.25) is 0 Å². The minimum Gasteiger partial charge on any atom is -0.507 e. The molecule has 3 aromatic heterocycles. The molecule has 126 valence electrons. The van der Waals surface area contributed by atoms with Gasteiger partial charge in [0.25, 0.3) is 0 Å². The molecule has 6 heteroatoms. The Morgan fingerprint density at radius 3 is 2.35 bits per heavy atom. The first-order chi connectivity index (χ1) is 12.8. The molecule has 0 spiro atoms. The number of para-hydroxylation sites is 1. The van der Waals surface area contributed by atoms with Gasteiger partial charge in [0.2, 0.25) is 5.88 Å². The van der Waals surface area contributed by atoms with Crippen molar-refractivity contribution >= 4 is 12.1 Å². The molecule has 1 N–H and O–H groups in total. The molecule has 0 amide bonds. The highest BCUT2D eigenvalue weighted by molar-refractivity contribution is 5.88. The van der Waals surface area contributed by atoms with Gasteiger partial charge in [-0.2, -0.15) is 5.26 Å². The molecule has 0 atom stereocenters. The Hall–Kier alpha value is -3.98. The van der Waals surface area contributed by atoms with E-state index >= 15 is 0 Å². The van der Waals surface area contributed by atoms with Gasteiger partial charge in [0.1, 0.15) is 23.1 Å². The molecule has 4 aromatic rings. The van der Waals surface area contributed by atoms with E-state index in [1.807, 2.05) is 0 Å². The molecule has 3 heterocycles. The third-order valence-electron chi connectivity index (χ3n) is 3.77. The zero-order chi connectivity index (χ0) is 17.9. The summed E-state index contributed by atoms with van der Waals surface area (Å²) in [7, 11) is 0. The van der Waals surface area contributed by atoms with Crippen molar-refractivity contribution < 1.29 is 18.4 Å². The molecule has 0 radical (unpaired) electrons. The number of aromatic hydroxyl groups is 1. The quantitative estimate of drug-likeness (QED) is 0.518. The number of phenols is 1. The molecule has 0 saturated heterocycles. The Morgan fingerprint density at radius 1 is 0.962 bits per heavy atom. The highest BCUT2D eigenvalue weighted by Crippen LogP contribution is 2.42. The summed E-state index contributed by atoms with van der Waals surface area (Å²) < 4.78 is 16.7. The topological polar surface area (TPSA) is 95.8 Å². The van der Waals surface area contributed by atoms with Crippen molar-refractivity contribution in [3.05, 3.63) is 72.2 Å². The zero-order valence-electron chi connectivity index (χ0n) is 13.4. The van der Waals surface area contributed by atoms with Gasteiger partial charge in [-0.1, -0.05) is 12.1 Å². The fourth-order valence-corrected chi connectivity index (χ4v) is 2.58. The van der Waals surface area contributed by atoms with E-state index in [-0.39, 0.29) is 17.2 Å². The van der Waals surface area contributed by atoms with E-state index in [4.69, 9.17) is 13.3 Å². The van der Waals surface area contributed by atoms with Crippen LogP contribution in [0.15, 0.2) is 79.3 Å². The molecular formula is C20H12N2O4. The average Bonchev–Trinajstić information content (AvgIpc) is 3.39. The molecule has 0 aliphatic rings. The number of rotatable bonds is 4. The molecule has 4 rings (SSSR count). The second-order valence-corrected chi connectivity index (χ2v) is 5.37. The van der Waals surface area contributed by atoms with Gasteiger partial charge in [-0.05, 0) is 36.4 Å². The van der Waals surface area contributed by atoms with E-state index < -0.39 is 0 Å². The van der Waals surface area contributed by atoms with E-state index in [9.17, 15) is 10.4 Å². The third-order valence-corrected chi connectivity index (χ3v) is 3.77. The first kappa shape index (κ1) is 15.5.